The first kappa shape index (κ1) is 15.6. The lowest BCUT2D eigenvalue weighted by atomic mass is 10.2. The summed E-state index contributed by atoms with van der Waals surface area (Å²) in [5, 5.41) is 12.3. The minimum Gasteiger partial charge on any atom is -0.493 e. The average molecular weight is 268 g/mol. The maximum atomic E-state index is 9.02. The fourth-order valence-corrected chi connectivity index (χ4v) is 1.80. The van der Waals surface area contributed by atoms with E-state index in [9.17, 15) is 0 Å². The number of methoxy groups -OCH3 is 1. The highest BCUT2D eigenvalue weighted by atomic mass is 16.5. The zero-order chi connectivity index (χ0) is 14.1. The number of aliphatic hydroxyl groups excluding tert-OH is 1. The van der Waals surface area contributed by atoms with Gasteiger partial charge in [-0.2, -0.15) is 0 Å². The predicted molar refractivity (Wildman–Crippen MR) is 77.6 cm³/mol. The quantitative estimate of drug-likeness (QED) is 0.596. The van der Waals surface area contributed by atoms with Crippen molar-refractivity contribution in [2.75, 3.05) is 38.0 Å². The Bertz CT molecular complexity index is 366. The van der Waals surface area contributed by atoms with Crippen LogP contribution in [0.25, 0.3) is 0 Å². The Hall–Kier alpha value is -1.46. The van der Waals surface area contributed by atoms with Gasteiger partial charge in [0.25, 0.3) is 0 Å². The minimum absolute atomic E-state index is 0.0517. The Balaban J connectivity index is 2.72. The highest BCUT2D eigenvalue weighted by molar-refractivity contribution is 5.59. The number of nitrogens with one attached hydrogen (secondary N) is 1. The second-order valence-electron chi connectivity index (χ2n) is 4.45. The van der Waals surface area contributed by atoms with Crippen LogP contribution in [0.4, 0.5) is 11.4 Å². The molecule has 4 N–H and O–H groups in total. The molecule has 0 aliphatic heterocycles. The highest BCUT2D eigenvalue weighted by Crippen LogP contribution is 2.23. The van der Waals surface area contributed by atoms with E-state index in [0.717, 1.165) is 17.9 Å². The summed E-state index contributed by atoms with van der Waals surface area (Å²) in [5.41, 5.74) is 7.38. The molecular formula is C14H24N2O3. The zero-order valence-electron chi connectivity index (χ0n) is 11.7. The standard InChI is InChI=1S/C14H24N2O3/c1-3-6-19-14-8-11(15)7-13(9-14)16-12(4-5-17)10-18-2/h7-9,12,16-17H,3-6,10,15H2,1-2H3. The van der Waals surface area contributed by atoms with Gasteiger partial charge in [-0.3, -0.25) is 0 Å². The fraction of sp³-hybridized carbons (Fsp3) is 0.571. The Labute approximate surface area is 114 Å². The molecule has 0 radical (unpaired) electrons. The molecule has 0 fully saturated rings. The second-order valence-corrected chi connectivity index (χ2v) is 4.45. The van der Waals surface area contributed by atoms with E-state index in [4.69, 9.17) is 20.3 Å². The summed E-state index contributed by atoms with van der Waals surface area (Å²) in [7, 11) is 1.64. The van der Waals surface area contributed by atoms with Gasteiger partial charge in [-0.1, -0.05) is 6.92 Å². The molecule has 1 aromatic carbocycles. The van der Waals surface area contributed by atoms with Crippen LogP contribution in [0.3, 0.4) is 0 Å². The number of benzene rings is 1. The number of hydrogen-bond acceptors (Lipinski definition) is 5. The molecule has 19 heavy (non-hydrogen) atoms. The molecule has 5 nitrogen and oxygen atoms in total. The summed E-state index contributed by atoms with van der Waals surface area (Å²) >= 11 is 0. The summed E-state index contributed by atoms with van der Waals surface area (Å²) in [5.74, 6) is 0.754. The van der Waals surface area contributed by atoms with Gasteiger partial charge in [-0.15, -0.1) is 0 Å². The molecular weight excluding hydrogens is 244 g/mol. The fourth-order valence-electron chi connectivity index (χ4n) is 1.80. The molecule has 5 heteroatoms. The first-order valence-electron chi connectivity index (χ1n) is 6.59. The number of anilines is 2. The lowest BCUT2D eigenvalue weighted by Crippen LogP contribution is -2.26. The van der Waals surface area contributed by atoms with E-state index in [2.05, 4.69) is 12.2 Å². The molecule has 1 unspecified atom stereocenters. The van der Waals surface area contributed by atoms with E-state index in [-0.39, 0.29) is 12.6 Å². The first-order valence-corrected chi connectivity index (χ1v) is 6.59. The Morgan fingerprint density at radius 1 is 1.37 bits per heavy atom. The molecule has 1 rings (SSSR count). The van der Waals surface area contributed by atoms with Crippen LogP contribution in [0.2, 0.25) is 0 Å². The monoisotopic (exact) mass is 268 g/mol. The molecule has 0 aromatic heterocycles. The van der Waals surface area contributed by atoms with Crippen molar-refractivity contribution in [3.63, 3.8) is 0 Å². The molecule has 0 spiro atoms. The van der Waals surface area contributed by atoms with Crippen LogP contribution >= 0.6 is 0 Å². The number of nitrogens with two attached hydrogens (primary N) is 1. The van der Waals surface area contributed by atoms with E-state index in [1.807, 2.05) is 12.1 Å². The number of aliphatic hydroxyl groups is 1. The molecule has 1 atom stereocenters. The van der Waals surface area contributed by atoms with Crippen molar-refractivity contribution in [2.45, 2.75) is 25.8 Å². The zero-order valence-corrected chi connectivity index (χ0v) is 11.7. The number of rotatable bonds is 9. The third-order valence-corrected chi connectivity index (χ3v) is 2.62. The number of nitrogen functional groups attached to an aromatic ring is 1. The summed E-state index contributed by atoms with van der Waals surface area (Å²) in [6, 6.07) is 5.61. The lowest BCUT2D eigenvalue weighted by Gasteiger charge is -2.19. The third-order valence-electron chi connectivity index (χ3n) is 2.62. The van der Waals surface area contributed by atoms with Gasteiger partial charge in [0.1, 0.15) is 5.75 Å². The van der Waals surface area contributed by atoms with E-state index in [1.165, 1.54) is 0 Å². The second kappa shape index (κ2) is 8.61. The lowest BCUT2D eigenvalue weighted by molar-refractivity contribution is 0.170. The molecule has 0 heterocycles. The van der Waals surface area contributed by atoms with E-state index in [0.29, 0.717) is 25.3 Å². The summed E-state index contributed by atoms with van der Waals surface area (Å²) < 4.78 is 10.7. The molecule has 0 amide bonds. The van der Waals surface area contributed by atoms with Gasteiger partial charge in [0, 0.05) is 37.2 Å². The Morgan fingerprint density at radius 3 is 2.79 bits per heavy atom. The number of hydrogen-bond donors (Lipinski definition) is 3. The molecule has 1 aromatic rings. The smallest absolute Gasteiger partial charge is 0.123 e. The SMILES string of the molecule is CCCOc1cc(N)cc(NC(CCO)COC)c1. The third kappa shape index (κ3) is 5.81. The van der Waals surface area contributed by atoms with Crippen LogP contribution in [0.1, 0.15) is 19.8 Å². The summed E-state index contributed by atoms with van der Waals surface area (Å²) in [4.78, 5) is 0. The van der Waals surface area contributed by atoms with Gasteiger partial charge in [0.15, 0.2) is 0 Å². The molecule has 0 aliphatic carbocycles. The van der Waals surface area contributed by atoms with Crippen molar-refractivity contribution < 1.29 is 14.6 Å². The van der Waals surface area contributed by atoms with Crippen LogP contribution in [0, 0.1) is 0 Å². The van der Waals surface area contributed by atoms with Crippen LogP contribution in [-0.2, 0) is 4.74 Å². The van der Waals surface area contributed by atoms with Gasteiger partial charge >= 0.3 is 0 Å². The summed E-state index contributed by atoms with van der Waals surface area (Å²) in [6.45, 7) is 3.37. The average Bonchev–Trinajstić information content (AvgIpc) is 2.36. The molecule has 0 aliphatic rings. The highest BCUT2D eigenvalue weighted by Gasteiger charge is 2.09. The van der Waals surface area contributed by atoms with Crippen LogP contribution in [0.5, 0.6) is 5.75 Å². The predicted octanol–water partition coefficient (Wildman–Crippen LogP) is 1.87. The first-order chi connectivity index (χ1) is 9.19. The van der Waals surface area contributed by atoms with Crippen molar-refractivity contribution >= 4 is 11.4 Å². The van der Waals surface area contributed by atoms with Crippen molar-refractivity contribution in [1.82, 2.24) is 0 Å². The van der Waals surface area contributed by atoms with Crippen LogP contribution < -0.4 is 15.8 Å². The van der Waals surface area contributed by atoms with Gasteiger partial charge in [-0.25, -0.2) is 0 Å². The van der Waals surface area contributed by atoms with Crippen LogP contribution in [0.15, 0.2) is 18.2 Å². The van der Waals surface area contributed by atoms with Crippen molar-refractivity contribution in [2.24, 2.45) is 0 Å². The van der Waals surface area contributed by atoms with Crippen molar-refractivity contribution in [3.05, 3.63) is 18.2 Å². The van der Waals surface area contributed by atoms with Crippen molar-refractivity contribution in [1.29, 1.82) is 0 Å². The Morgan fingerprint density at radius 2 is 2.16 bits per heavy atom. The molecule has 108 valence electrons. The molecule has 0 saturated carbocycles. The van der Waals surface area contributed by atoms with Gasteiger partial charge in [0.2, 0.25) is 0 Å². The number of ether oxygens (including phenoxy) is 2. The molecule has 0 bridgehead atoms. The topological polar surface area (TPSA) is 76.7 Å². The van der Waals surface area contributed by atoms with Gasteiger partial charge in [0.05, 0.1) is 19.3 Å². The van der Waals surface area contributed by atoms with E-state index in [1.54, 1.807) is 13.2 Å². The minimum atomic E-state index is 0.0517. The van der Waals surface area contributed by atoms with E-state index < -0.39 is 0 Å². The Kier molecular flexibility index (Phi) is 7.07. The van der Waals surface area contributed by atoms with Crippen molar-refractivity contribution in [3.8, 4) is 5.75 Å². The van der Waals surface area contributed by atoms with E-state index >= 15 is 0 Å². The van der Waals surface area contributed by atoms with Gasteiger partial charge < -0.3 is 25.6 Å². The normalized spacial score (nSPS) is 12.2. The largest absolute Gasteiger partial charge is 0.493 e. The summed E-state index contributed by atoms with van der Waals surface area (Å²) in [6.07, 6.45) is 1.57. The molecule has 0 saturated heterocycles. The maximum absolute atomic E-state index is 9.02. The maximum Gasteiger partial charge on any atom is 0.123 e. The van der Waals surface area contributed by atoms with Crippen LogP contribution in [-0.4, -0.2) is 38.1 Å². The van der Waals surface area contributed by atoms with Gasteiger partial charge in [-0.05, 0) is 18.9 Å².